The topological polar surface area (TPSA) is 104 Å². The summed E-state index contributed by atoms with van der Waals surface area (Å²) in [5, 5.41) is 8.81. The number of thiophene rings is 2. The maximum absolute atomic E-state index is 6.93. The van der Waals surface area contributed by atoms with Gasteiger partial charge in [-0.3, -0.25) is 0 Å². The van der Waals surface area contributed by atoms with Crippen molar-refractivity contribution in [3.63, 3.8) is 0 Å². The smallest absolute Gasteiger partial charge is 0.164 e. The van der Waals surface area contributed by atoms with Gasteiger partial charge in [0.05, 0.1) is 0 Å². The van der Waals surface area contributed by atoms with Crippen LogP contribution in [0.25, 0.3) is 253 Å². The number of hydrogen-bond acceptors (Lipinski definition) is 10. The molecule has 124 heavy (non-hydrogen) atoms. The lowest BCUT2D eigenvalue weighted by atomic mass is 9.90. The Morgan fingerprint density at radius 3 is 1.03 bits per heavy atom. The molecule has 0 fully saturated rings. The van der Waals surface area contributed by atoms with Gasteiger partial charge in [0, 0.05) is 101 Å². The van der Waals surface area contributed by atoms with Crippen LogP contribution in [0, 0.1) is 0 Å². The summed E-state index contributed by atoms with van der Waals surface area (Å²) >= 11 is 3.58. The molecule has 18 aromatic carbocycles. The minimum absolute atomic E-state index is 0.579. The van der Waals surface area contributed by atoms with Gasteiger partial charge in [0.2, 0.25) is 0 Å². The first-order chi connectivity index (χ1) is 61.4. The van der Waals surface area contributed by atoms with E-state index in [9.17, 15) is 0 Å². The third-order valence-corrected chi connectivity index (χ3v) is 26.3. The second kappa shape index (κ2) is 30.1. The summed E-state index contributed by atoms with van der Waals surface area (Å²) in [6, 6.07) is 147. The number of furan rings is 2. The fourth-order valence-corrected chi connectivity index (χ4v) is 20.3. The molecule has 8 nitrogen and oxygen atoms in total. The molecule has 6 aromatic heterocycles. The van der Waals surface area contributed by atoms with Crippen LogP contribution in [0.5, 0.6) is 0 Å². The number of fused-ring (bicyclic) bond motifs is 12. The SMILES string of the molecule is c1ccc(-c2nc(-c3ccc(-c4cccc5oc6ccccc6c45)cc3)nc(-c3cccc4sc5ccc(-c6ccc(-c7ccccc7-c7cccc(-c8cc(-c9cccc(-c%10nc(-c%11ccccc%11)nc(-c%11cccc%12sc%13ccc(-c%14ccc(-c%15ccccc%15-c%15ccccc%15)cc%14)cc%13c%11%12)n%10)c9)cc9c8oc8ccccc89)c7)cc6)cc5c34)n2)cc1. The van der Waals surface area contributed by atoms with Gasteiger partial charge in [-0.1, -0.05) is 334 Å². The van der Waals surface area contributed by atoms with Gasteiger partial charge in [-0.05, 0) is 173 Å². The molecule has 10 heteroatoms. The summed E-state index contributed by atoms with van der Waals surface area (Å²) in [5.41, 5.74) is 28.9. The lowest BCUT2D eigenvalue weighted by molar-refractivity contribution is 0.669. The van der Waals surface area contributed by atoms with Crippen molar-refractivity contribution in [3.8, 4) is 168 Å². The third kappa shape index (κ3) is 12.8. The van der Waals surface area contributed by atoms with Crippen LogP contribution < -0.4 is 0 Å². The van der Waals surface area contributed by atoms with Crippen molar-refractivity contribution in [3.05, 3.63) is 413 Å². The van der Waals surface area contributed by atoms with Crippen LogP contribution >= 0.6 is 22.7 Å². The van der Waals surface area contributed by atoms with Gasteiger partial charge >= 0.3 is 0 Å². The Balaban J connectivity index is 0.549. The van der Waals surface area contributed by atoms with Gasteiger partial charge in [0.1, 0.15) is 22.3 Å². The van der Waals surface area contributed by atoms with Crippen LogP contribution in [0.15, 0.2) is 421 Å². The Bertz CT molecular complexity index is 8340. The van der Waals surface area contributed by atoms with Gasteiger partial charge in [-0.2, -0.15) is 0 Å². The van der Waals surface area contributed by atoms with E-state index in [1.165, 1.54) is 31.7 Å². The largest absolute Gasteiger partial charge is 0.456 e. The average molecular weight is 1620 g/mol. The molecule has 0 bridgehead atoms. The predicted octanol–water partition coefficient (Wildman–Crippen LogP) is 31.6. The second-order valence-electron chi connectivity index (χ2n) is 31.5. The number of benzene rings is 18. The first-order valence-corrected chi connectivity index (χ1v) is 43.2. The molecule has 0 N–H and O–H groups in total. The normalized spacial score (nSPS) is 11.7. The van der Waals surface area contributed by atoms with Crippen molar-refractivity contribution in [2.75, 3.05) is 0 Å². The zero-order chi connectivity index (χ0) is 81.7. The number of rotatable bonds is 15. The summed E-state index contributed by atoms with van der Waals surface area (Å²) in [5.74, 6) is 3.61. The molecule has 0 aliphatic heterocycles. The molecule has 6 heterocycles. The second-order valence-corrected chi connectivity index (χ2v) is 33.6. The van der Waals surface area contributed by atoms with E-state index < -0.39 is 0 Å². The molecule has 0 saturated carbocycles. The quantitative estimate of drug-likeness (QED) is 0.1000. The van der Waals surface area contributed by atoms with Gasteiger partial charge in [0.25, 0.3) is 0 Å². The summed E-state index contributed by atoms with van der Waals surface area (Å²) in [6.07, 6.45) is 0. The van der Waals surface area contributed by atoms with Crippen molar-refractivity contribution < 1.29 is 8.83 Å². The monoisotopic (exact) mass is 1620 g/mol. The van der Waals surface area contributed by atoms with E-state index in [2.05, 4.69) is 352 Å². The molecule has 0 radical (unpaired) electrons. The Kier molecular flexibility index (Phi) is 17.5. The molecule has 0 atom stereocenters. The Hall–Kier alpha value is -16.0. The minimum Gasteiger partial charge on any atom is -0.456 e. The van der Waals surface area contributed by atoms with Crippen LogP contribution in [0.3, 0.4) is 0 Å². The Labute approximate surface area is 721 Å². The van der Waals surface area contributed by atoms with Crippen molar-refractivity contribution >= 4 is 107 Å². The molecule has 0 unspecified atom stereocenters. The zero-order valence-electron chi connectivity index (χ0n) is 66.6. The van der Waals surface area contributed by atoms with Crippen molar-refractivity contribution in [1.82, 2.24) is 29.9 Å². The Morgan fingerprint density at radius 2 is 0.484 bits per heavy atom. The highest BCUT2D eigenvalue weighted by Gasteiger charge is 2.24. The van der Waals surface area contributed by atoms with Crippen molar-refractivity contribution in [2.24, 2.45) is 0 Å². The third-order valence-electron chi connectivity index (χ3n) is 24.1. The van der Waals surface area contributed by atoms with Crippen molar-refractivity contribution in [2.45, 2.75) is 0 Å². The molecular weight excluding hydrogens is 1550 g/mol. The first-order valence-electron chi connectivity index (χ1n) is 41.6. The number of para-hydroxylation sites is 2. The minimum atomic E-state index is 0.579. The van der Waals surface area contributed by atoms with Crippen LogP contribution in [0.1, 0.15) is 0 Å². The molecule has 0 amide bonds. The summed E-state index contributed by atoms with van der Waals surface area (Å²) < 4.78 is 17.9. The lowest BCUT2D eigenvalue weighted by Gasteiger charge is -2.14. The highest BCUT2D eigenvalue weighted by atomic mass is 32.1. The van der Waals surface area contributed by atoms with Crippen LogP contribution in [-0.2, 0) is 0 Å². The molecule has 24 aromatic rings. The lowest BCUT2D eigenvalue weighted by Crippen LogP contribution is -2.00. The fourth-order valence-electron chi connectivity index (χ4n) is 18.1. The molecule has 24 rings (SSSR count). The molecule has 0 saturated heterocycles. The molecule has 578 valence electrons. The number of nitrogens with zero attached hydrogens (tertiary/aromatic N) is 6. The van der Waals surface area contributed by atoms with E-state index in [1.54, 1.807) is 22.7 Å². The van der Waals surface area contributed by atoms with E-state index in [0.29, 0.717) is 34.9 Å². The standard InChI is InChI=1S/C114H68N6O2S2/c1-4-23-71(24-5-1)85-33-10-11-34-86(85)72-51-47-69(48-52-72)79-59-62-102-97(66-79)107-93(41-22-46-104(107)124-102)114-118-110(76-27-8-3-9-28-76)116-112(120-114)83-32-18-29-78(63-83)84-67-94(108-95(68-84)90-37-14-16-42-98(90)122-108)82-31-19-30-81(64-82)88-36-13-12-35-87(88)73-53-49-70(50-54-73)80-60-61-101-96(65-80)106-92(40-21-45-103(106)123-101)113-117-109(75-25-6-2-7-26-75)115-111(119-113)77-57-55-74(56-58-77)89-39-20-44-100-105(89)91-38-15-17-43-99(91)121-100/h1-68H. The molecule has 0 aliphatic rings. The Morgan fingerprint density at radius 1 is 0.153 bits per heavy atom. The maximum Gasteiger partial charge on any atom is 0.164 e. The van der Waals surface area contributed by atoms with E-state index in [4.69, 9.17) is 38.7 Å². The van der Waals surface area contributed by atoms with E-state index in [-0.39, 0.29) is 0 Å². The fraction of sp³-hybridized carbons (Fsp3) is 0. The van der Waals surface area contributed by atoms with Crippen molar-refractivity contribution in [1.29, 1.82) is 0 Å². The van der Waals surface area contributed by atoms with E-state index >= 15 is 0 Å². The highest BCUT2D eigenvalue weighted by molar-refractivity contribution is 7.26. The summed E-state index contributed by atoms with van der Waals surface area (Å²) in [4.78, 5) is 31.9. The first kappa shape index (κ1) is 72.1. The van der Waals surface area contributed by atoms with Gasteiger partial charge < -0.3 is 8.83 Å². The molecule has 0 spiro atoms. The highest BCUT2D eigenvalue weighted by Crippen LogP contribution is 2.48. The maximum atomic E-state index is 6.93. The number of hydrogen-bond donors (Lipinski definition) is 0. The van der Waals surface area contributed by atoms with Gasteiger partial charge in [-0.25, -0.2) is 29.9 Å². The molecular formula is C114H68N6O2S2. The summed E-state index contributed by atoms with van der Waals surface area (Å²) in [7, 11) is 0. The van der Waals surface area contributed by atoms with E-state index in [0.717, 1.165) is 186 Å². The van der Waals surface area contributed by atoms with Crippen LogP contribution in [0.4, 0.5) is 0 Å². The van der Waals surface area contributed by atoms with Crippen LogP contribution in [-0.4, -0.2) is 29.9 Å². The molecule has 0 aliphatic carbocycles. The van der Waals surface area contributed by atoms with Gasteiger partial charge in [-0.15, -0.1) is 22.7 Å². The predicted molar refractivity (Wildman–Crippen MR) is 515 cm³/mol. The average Bonchev–Trinajstić information content (AvgIpc) is 1.54. The number of aromatic nitrogens is 6. The van der Waals surface area contributed by atoms with Crippen LogP contribution in [0.2, 0.25) is 0 Å². The summed E-state index contributed by atoms with van der Waals surface area (Å²) in [6.45, 7) is 0. The van der Waals surface area contributed by atoms with E-state index in [1.807, 2.05) is 60.7 Å². The van der Waals surface area contributed by atoms with Gasteiger partial charge in [0.15, 0.2) is 34.9 Å². The zero-order valence-corrected chi connectivity index (χ0v) is 68.2.